The van der Waals surface area contributed by atoms with Crippen LogP contribution in [0.15, 0.2) is 40.9 Å². The van der Waals surface area contributed by atoms with Gasteiger partial charge in [-0.05, 0) is 47.9 Å². The molecular weight excluding hydrogens is 268 g/mol. The molecule has 1 N–H and O–H groups in total. The summed E-state index contributed by atoms with van der Waals surface area (Å²) >= 11 is 0. The molecule has 0 bridgehead atoms. The van der Waals surface area contributed by atoms with Crippen molar-refractivity contribution in [2.24, 2.45) is 0 Å². The van der Waals surface area contributed by atoms with Crippen LogP contribution in [0.2, 0.25) is 0 Å². The van der Waals surface area contributed by atoms with Gasteiger partial charge in [-0.3, -0.25) is 0 Å². The topological polar surface area (TPSA) is 68.4 Å². The Kier molecular flexibility index (Phi) is 2.77. The summed E-state index contributed by atoms with van der Waals surface area (Å²) in [6, 6.07) is 11.0. The molecule has 5 heteroatoms. The highest BCUT2D eigenvalue weighted by atomic mass is 16.5. The van der Waals surface area contributed by atoms with Crippen LogP contribution in [0.1, 0.15) is 30.5 Å². The quantitative estimate of drug-likeness (QED) is 0.794. The van der Waals surface area contributed by atoms with Crippen molar-refractivity contribution in [3.63, 3.8) is 0 Å². The fourth-order valence-electron chi connectivity index (χ4n) is 2.28. The van der Waals surface area contributed by atoms with Crippen LogP contribution in [0.5, 0.6) is 11.5 Å². The van der Waals surface area contributed by atoms with E-state index in [0.29, 0.717) is 17.6 Å². The van der Waals surface area contributed by atoms with E-state index in [1.54, 1.807) is 12.1 Å². The molecule has 3 aromatic rings. The smallest absolute Gasteiger partial charge is 0.264 e. The highest BCUT2D eigenvalue weighted by Crippen LogP contribution is 2.38. The summed E-state index contributed by atoms with van der Waals surface area (Å²) in [5.74, 6) is 2.71. The van der Waals surface area contributed by atoms with Crippen LogP contribution in [0, 0.1) is 0 Å². The summed E-state index contributed by atoms with van der Waals surface area (Å²) in [5.41, 5.74) is 0. The molecule has 1 aliphatic carbocycles. The number of ether oxygens (including phenoxy) is 1. The Balaban J connectivity index is 1.50. The van der Waals surface area contributed by atoms with Crippen LogP contribution in [-0.4, -0.2) is 15.2 Å². The molecule has 1 fully saturated rings. The molecule has 0 unspecified atom stereocenters. The number of rotatable bonds is 4. The molecule has 0 aliphatic heterocycles. The van der Waals surface area contributed by atoms with Crippen molar-refractivity contribution < 1.29 is 14.4 Å². The minimum Gasteiger partial charge on any atom is -0.508 e. The first-order valence-corrected chi connectivity index (χ1v) is 6.96. The third-order valence-corrected chi connectivity index (χ3v) is 3.58. The number of fused-ring (bicyclic) bond motifs is 1. The van der Waals surface area contributed by atoms with Crippen molar-refractivity contribution in [1.82, 2.24) is 10.1 Å². The maximum Gasteiger partial charge on any atom is 0.264 e. The fraction of sp³-hybridized carbons (Fsp3) is 0.250. The van der Waals surface area contributed by atoms with E-state index in [2.05, 4.69) is 10.1 Å². The zero-order chi connectivity index (χ0) is 14.2. The summed E-state index contributed by atoms with van der Waals surface area (Å²) in [4.78, 5) is 4.32. The second-order valence-electron chi connectivity index (χ2n) is 5.30. The van der Waals surface area contributed by atoms with Crippen molar-refractivity contribution in [1.29, 1.82) is 0 Å². The molecule has 0 spiro atoms. The Labute approximate surface area is 121 Å². The monoisotopic (exact) mass is 282 g/mol. The van der Waals surface area contributed by atoms with Gasteiger partial charge in [-0.2, -0.15) is 4.98 Å². The molecule has 1 saturated carbocycles. The van der Waals surface area contributed by atoms with Crippen molar-refractivity contribution >= 4 is 10.8 Å². The average Bonchev–Trinajstić information content (AvgIpc) is 3.24. The second kappa shape index (κ2) is 4.77. The minimum absolute atomic E-state index is 0.241. The summed E-state index contributed by atoms with van der Waals surface area (Å²) in [6.45, 7) is 0.254. The van der Waals surface area contributed by atoms with Crippen molar-refractivity contribution in [2.75, 3.05) is 0 Å². The van der Waals surface area contributed by atoms with Crippen molar-refractivity contribution in [3.05, 3.63) is 48.1 Å². The van der Waals surface area contributed by atoms with Gasteiger partial charge in [0, 0.05) is 5.92 Å². The van der Waals surface area contributed by atoms with Crippen molar-refractivity contribution in [2.45, 2.75) is 25.4 Å². The van der Waals surface area contributed by atoms with Crippen LogP contribution in [-0.2, 0) is 6.61 Å². The SMILES string of the molecule is Oc1ccc2ccc(OCc3nc(C4CC4)no3)cc2c1. The van der Waals surface area contributed by atoms with E-state index in [0.717, 1.165) is 29.4 Å². The molecule has 106 valence electrons. The lowest BCUT2D eigenvalue weighted by atomic mass is 10.1. The standard InChI is InChI=1S/C16H14N2O3/c19-13-5-3-10-4-6-14(8-12(10)7-13)20-9-15-17-16(18-21-15)11-1-2-11/h3-8,11,19H,1-2,9H2. The number of aromatic hydroxyl groups is 1. The summed E-state index contributed by atoms with van der Waals surface area (Å²) < 4.78 is 10.8. The Morgan fingerprint density at radius 2 is 2.00 bits per heavy atom. The zero-order valence-electron chi connectivity index (χ0n) is 11.3. The maximum atomic E-state index is 9.52. The molecule has 0 amide bonds. The normalized spacial score (nSPS) is 14.5. The number of aromatic nitrogens is 2. The Hall–Kier alpha value is -2.56. The van der Waals surface area contributed by atoms with Gasteiger partial charge in [0.05, 0.1) is 0 Å². The molecule has 0 atom stereocenters. The van der Waals surface area contributed by atoms with Gasteiger partial charge in [0.15, 0.2) is 12.4 Å². The van der Waals surface area contributed by atoms with Crippen molar-refractivity contribution in [3.8, 4) is 11.5 Å². The molecular formula is C16H14N2O3. The van der Waals surface area contributed by atoms with Gasteiger partial charge in [0.25, 0.3) is 5.89 Å². The maximum absolute atomic E-state index is 9.52. The first kappa shape index (κ1) is 12.2. The second-order valence-corrected chi connectivity index (χ2v) is 5.30. The predicted octanol–water partition coefficient (Wildman–Crippen LogP) is 3.38. The lowest BCUT2D eigenvalue weighted by Crippen LogP contribution is -1.96. The van der Waals surface area contributed by atoms with Gasteiger partial charge < -0.3 is 14.4 Å². The lowest BCUT2D eigenvalue weighted by Gasteiger charge is -2.05. The highest BCUT2D eigenvalue weighted by Gasteiger charge is 2.28. The Morgan fingerprint density at radius 1 is 1.14 bits per heavy atom. The van der Waals surface area contributed by atoms with E-state index >= 15 is 0 Å². The van der Waals surface area contributed by atoms with Crippen LogP contribution in [0.3, 0.4) is 0 Å². The lowest BCUT2D eigenvalue weighted by molar-refractivity contribution is 0.242. The van der Waals surface area contributed by atoms with Gasteiger partial charge in [0.1, 0.15) is 11.5 Å². The van der Waals surface area contributed by atoms with Crippen LogP contribution in [0.25, 0.3) is 10.8 Å². The largest absolute Gasteiger partial charge is 0.508 e. The van der Waals surface area contributed by atoms with Gasteiger partial charge >= 0.3 is 0 Å². The predicted molar refractivity (Wildman–Crippen MR) is 76.2 cm³/mol. The first-order valence-electron chi connectivity index (χ1n) is 6.96. The zero-order valence-corrected chi connectivity index (χ0v) is 11.3. The molecule has 2 aromatic carbocycles. The molecule has 1 aliphatic rings. The van der Waals surface area contributed by atoms with E-state index in [1.165, 1.54) is 0 Å². The third-order valence-electron chi connectivity index (χ3n) is 3.58. The number of benzene rings is 2. The highest BCUT2D eigenvalue weighted by molar-refractivity contribution is 5.85. The summed E-state index contributed by atoms with van der Waals surface area (Å²) in [7, 11) is 0. The van der Waals surface area contributed by atoms with Crippen LogP contribution in [0.4, 0.5) is 0 Å². The Bertz CT molecular complexity index is 793. The molecule has 5 nitrogen and oxygen atoms in total. The molecule has 0 radical (unpaired) electrons. The van der Waals surface area contributed by atoms with Gasteiger partial charge in [-0.15, -0.1) is 0 Å². The minimum atomic E-state index is 0.241. The Morgan fingerprint density at radius 3 is 2.86 bits per heavy atom. The van der Waals surface area contributed by atoms with E-state index in [1.807, 2.05) is 24.3 Å². The number of phenolic OH excluding ortho intramolecular Hbond substituents is 1. The summed E-state index contributed by atoms with van der Waals surface area (Å²) in [5, 5.41) is 15.4. The molecule has 21 heavy (non-hydrogen) atoms. The first-order chi connectivity index (χ1) is 10.3. The molecule has 1 heterocycles. The van der Waals surface area contributed by atoms with E-state index in [4.69, 9.17) is 9.26 Å². The van der Waals surface area contributed by atoms with E-state index in [9.17, 15) is 5.11 Å². The van der Waals surface area contributed by atoms with Crippen LogP contribution >= 0.6 is 0 Å². The fourth-order valence-corrected chi connectivity index (χ4v) is 2.28. The number of hydrogen-bond donors (Lipinski definition) is 1. The van der Waals surface area contributed by atoms with E-state index in [-0.39, 0.29) is 12.4 Å². The third kappa shape index (κ3) is 2.54. The molecule has 4 rings (SSSR count). The molecule has 1 aromatic heterocycles. The van der Waals surface area contributed by atoms with Crippen LogP contribution < -0.4 is 4.74 Å². The number of hydrogen-bond acceptors (Lipinski definition) is 5. The average molecular weight is 282 g/mol. The van der Waals surface area contributed by atoms with E-state index < -0.39 is 0 Å². The van der Waals surface area contributed by atoms with Gasteiger partial charge in [-0.1, -0.05) is 17.3 Å². The number of phenols is 1. The van der Waals surface area contributed by atoms with Gasteiger partial charge in [0.2, 0.25) is 0 Å². The number of nitrogens with zero attached hydrogens (tertiary/aromatic N) is 2. The summed E-state index contributed by atoms with van der Waals surface area (Å²) in [6.07, 6.45) is 2.29. The molecule has 0 saturated heterocycles. The van der Waals surface area contributed by atoms with Gasteiger partial charge in [-0.25, -0.2) is 0 Å².